The van der Waals surface area contributed by atoms with Gasteiger partial charge in [0.25, 0.3) is 0 Å². The second kappa shape index (κ2) is 8.82. The minimum Gasteiger partial charge on any atom is -0.493 e. The molecule has 1 saturated heterocycles. The van der Waals surface area contributed by atoms with Crippen LogP contribution in [0.5, 0.6) is 17.2 Å². The van der Waals surface area contributed by atoms with Crippen molar-refractivity contribution in [1.29, 1.82) is 0 Å². The zero-order chi connectivity index (χ0) is 21.8. The maximum atomic E-state index is 12.5. The third-order valence-corrected chi connectivity index (χ3v) is 4.86. The molecule has 0 spiro atoms. The molecule has 4 rings (SSSR count). The number of hydrogen-bond donors (Lipinski definition) is 0. The van der Waals surface area contributed by atoms with Gasteiger partial charge in [-0.15, -0.1) is 0 Å². The highest BCUT2D eigenvalue weighted by atomic mass is 16.5. The summed E-state index contributed by atoms with van der Waals surface area (Å²) >= 11 is 0. The van der Waals surface area contributed by atoms with Gasteiger partial charge in [-0.1, -0.05) is 5.16 Å². The fraction of sp³-hybridized carbons (Fsp3) is 0.286. The van der Waals surface area contributed by atoms with Crippen molar-refractivity contribution in [3.63, 3.8) is 0 Å². The molecular weight excluding hydrogens is 402 g/mol. The van der Waals surface area contributed by atoms with E-state index in [-0.39, 0.29) is 11.8 Å². The molecule has 0 radical (unpaired) electrons. The van der Waals surface area contributed by atoms with Crippen molar-refractivity contribution in [3.8, 4) is 28.9 Å². The predicted octanol–water partition coefficient (Wildman–Crippen LogP) is 2.19. The normalized spacial score (nSPS) is 13.8. The number of aromatic nitrogens is 4. The van der Waals surface area contributed by atoms with Crippen molar-refractivity contribution < 1.29 is 23.5 Å². The SMILES string of the molecule is COc1cc(/C=C/C(=O)N2CC(c3nc(-c4ncccn4)no3)C2)cc(OC)c1OC. The number of methoxy groups -OCH3 is 3. The highest BCUT2D eigenvalue weighted by molar-refractivity contribution is 5.92. The molecule has 10 nitrogen and oxygen atoms in total. The number of hydrogen-bond acceptors (Lipinski definition) is 9. The van der Waals surface area contributed by atoms with Crippen LogP contribution in [-0.4, -0.2) is 65.3 Å². The molecule has 3 aromatic rings. The van der Waals surface area contributed by atoms with Gasteiger partial charge in [0.15, 0.2) is 11.5 Å². The van der Waals surface area contributed by atoms with Crippen molar-refractivity contribution in [2.45, 2.75) is 5.92 Å². The maximum absolute atomic E-state index is 12.5. The van der Waals surface area contributed by atoms with Crippen molar-refractivity contribution in [2.75, 3.05) is 34.4 Å². The topological polar surface area (TPSA) is 113 Å². The van der Waals surface area contributed by atoms with Gasteiger partial charge in [-0.3, -0.25) is 4.79 Å². The Balaban J connectivity index is 1.38. The number of likely N-dealkylation sites (tertiary alicyclic amines) is 1. The molecule has 1 aromatic carbocycles. The Morgan fingerprint density at radius 2 is 1.74 bits per heavy atom. The van der Waals surface area contributed by atoms with Crippen LogP contribution in [0, 0.1) is 0 Å². The lowest BCUT2D eigenvalue weighted by Crippen LogP contribution is -2.47. The van der Waals surface area contributed by atoms with Crippen molar-refractivity contribution in [2.24, 2.45) is 0 Å². The van der Waals surface area contributed by atoms with E-state index >= 15 is 0 Å². The van der Waals surface area contributed by atoms with E-state index in [9.17, 15) is 4.79 Å². The van der Waals surface area contributed by atoms with Crippen LogP contribution in [0.3, 0.4) is 0 Å². The van der Waals surface area contributed by atoms with Crippen LogP contribution in [-0.2, 0) is 4.79 Å². The average molecular weight is 423 g/mol. The van der Waals surface area contributed by atoms with Crippen LogP contribution in [0.1, 0.15) is 17.4 Å². The number of ether oxygens (including phenoxy) is 3. The lowest BCUT2D eigenvalue weighted by molar-refractivity contribution is -0.130. The summed E-state index contributed by atoms with van der Waals surface area (Å²) in [4.78, 5) is 26.7. The van der Waals surface area contributed by atoms with Crippen LogP contribution < -0.4 is 14.2 Å². The monoisotopic (exact) mass is 423 g/mol. The molecule has 0 N–H and O–H groups in total. The number of rotatable bonds is 7. The van der Waals surface area contributed by atoms with Crippen molar-refractivity contribution >= 4 is 12.0 Å². The Morgan fingerprint density at radius 3 is 2.35 bits per heavy atom. The first kappa shape index (κ1) is 20.3. The Bertz CT molecular complexity index is 1070. The van der Waals surface area contributed by atoms with E-state index < -0.39 is 0 Å². The first-order valence-corrected chi connectivity index (χ1v) is 9.51. The average Bonchev–Trinajstić information content (AvgIpc) is 3.26. The smallest absolute Gasteiger partial charge is 0.246 e. The summed E-state index contributed by atoms with van der Waals surface area (Å²) in [7, 11) is 4.63. The molecule has 3 heterocycles. The summed E-state index contributed by atoms with van der Waals surface area (Å²) in [6.45, 7) is 0.991. The minimum atomic E-state index is -0.115. The van der Waals surface area contributed by atoms with Crippen molar-refractivity contribution in [3.05, 3.63) is 48.1 Å². The zero-order valence-electron chi connectivity index (χ0n) is 17.3. The maximum Gasteiger partial charge on any atom is 0.246 e. The third-order valence-electron chi connectivity index (χ3n) is 4.86. The van der Waals surface area contributed by atoms with Crippen molar-refractivity contribution in [1.82, 2.24) is 25.0 Å². The first-order chi connectivity index (χ1) is 15.1. The molecule has 0 bridgehead atoms. The predicted molar refractivity (Wildman–Crippen MR) is 110 cm³/mol. The van der Waals surface area contributed by atoms with E-state index in [1.54, 1.807) is 62.9 Å². The van der Waals surface area contributed by atoms with Gasteiger partial charge in [-0.25, -0.2) is 9.97 Å². The van der Waals surface area contributed by atoms with Gasteiger partial charge < -0.3 is 23.6 Å². The van der Waals surface area contributed by atoms with E-state index in [2.05, 4.69) is 20.1 Å². The van der Waals surface area contributed by atoms with Crippen LogP contribution in [0.2, 0.25) is 0 Å². The molecule has 1 fully saturated rings. The fourth-order valence-electron chi connectivity index (χ4n) is 3.19. The minimum absolute atomic E-state index is 0.0107. The molecule has 31 heavy (non-hydrogen) atoms. The largest absolute Gasteiger partial charge is 0.493 e. The van der Waals surface area contributed by atoms with Gasteiger partial charge in [0.05, 0.1) is 27.2 Å². The molecule has 2 aromatic heterocycles. The van der Waals surface area contributed by atoms with E-state index in [1.807, 2.05) is 0 Å². The van der Waals surface area contributed by atoms with E-state index in [0.717, 1.165) is 5.56 Å². The molecule has 1 aliphatic rings. The number of carbonyl (C=O) groups excluding carboxylic acids is 1. The van der Waals surface area contributed by atoms with E-state index in [4.69, 9.17) is 18.7 Å². The summed E-state index contributed by atoms with van der Waals surface area (Å²) in [6.07, 6.45) is 6.44. The van der Waals surface area contributed by atoms with Crippen LogP contribution in [0.4, 0.5) is 0 Å². The van der Waals surface area contributed by atoms with Gasteiger partial charge >= 0.3 is 0 Å². The van der Waals surface area contributed by atoms with Crippen LogP contribution >= 0.6 is 0 Å². The molecule has 160 valence electrons. The van der Waals surface area contributed by atoms with Gasteiger partial charge in [-0.05, 0) is 29.8 Å². The Morgan fingerprint density at radius 1 is 1.06 bits per heavy atom. The molecular formula is C21H21N5O5. The van der Waals surface area contributed by atoms with Gasteiger partial charge in [0, 0.05) is 31.6 Å². The van der Waals surface area contributed by atoms with Crippen LogP contribution in [0.25, 0.3) is 17.7 Å². The molecule has 0 atom stereocenters. The summed E-state index contributed by atoms with van der Waals surface area (Å²) in [6, 6.07) is 5.26. The molecule has 0 unspecified atom stereocenters. The second-order valence-electron chi connectivity index (χ2n) is 6.76. The van der Waals surface area contributed by atoms with E-state index in [0.29, 0.717) is 47.9 Å². The highest BCUT2D eigenvalue weighted by Crippen LogP contribution is 2.38. The lowest BCUT2D eigenvalue weighted by atomic mass is 10.00. The number of amides is 1. The van der Waals surface area contributed by atoms with Crippen LogP contribution in [0.15, 0.2) is 41.2 Å². The molecule has 1 amide bonds. The Labute approximate surface area is 178 Å². The molecule has 1 aliphatic heterocycles. The standard InChI is InChI=1S/C21H21N5O5/c1-28-15-9-13(10-16(29-2)18(15)30-3)5-6-17(27)26-11-14(12-26)21-24-20(25-31-21)19-22-7-4-8-23-19/h4-10,14H,11-12H2,1-3H3/b6-5+. The molecule has 10 heteroatoms. The zero-order valence-corrected chi connectivity index (χ0v) is 17.3. The lowest BCUT2D eigenvalue weighted by Gasteiger charge is -2.36. The first-order valence-electron chi connectivity index (χ1n) is 9.51. The van der Waals surface area contributed by atoms with Gasteiger partial charge in [0.2, 0.25) is 29.2 Å². The third kappa shape index (κ3) is 4.18. The fourth-order valence-corrected chi connectivity index (χ4v) is 3.19. The number of benzene rings is 1. The number of carbonyl (C=O) groups is 1. The summed E-state index contributed by atoms with van der Waals surface area (Å²) in [5, 5.41) is 3.92. The molecule has 0 saturated carbocycles. The summed E-state index contributed by atoms with van der Waals surface area (Å²) in [5.74, 6) is 2.62. The summed E-state index contributed by atoms with van der Waals surface area (Å²) < 4.78 is 21.3. The van der Waals surface area contributed by atoms with E-state index in [1.165, 1.54) is 6.08 Å². The Hall–Kier alpha value is -3.95. The van der Waals surface area contributed by atoms with Gasteiger partial charge in [-0.2, -0.15) is 4.98 Å². The Kier molecular flexibility index (Phi) is 5.78. The van der Waals surface area contributed by atoms with Gasteiger partial charge in [0.1, 0.15) is 0 Å². The summed E-state index contributed by atoms with van der Waals surface area (Å²) in [5.41, 5.74) is 0.754. The number of nitrogens with zero attached hydrogens (tertiary/aromatic N) is 5. The quantitative estimate of drug-likeness (QED) is 0.528. The molecule has 0 aliphatic carbocycles. The highest BCUT2D eigenvalue weighted by Gasteiger charge is 2.35. The second-order valence-corrected chi connectivity index (χ2v) is 6.76.